The fraction of sp³-hybridized carbons (Fsp3) is 0. The van der Waals surface area contributed by atoms with E-state index in [2.05, 4.69) is 8.75 Å². The summed E-state index contributed by atoms with van der Waals surface area (Å²) in [6.07, 6.45) is 2.88. The van der Waals surface area contributed by atoms with Crippen LogP contribution >= 0.6 is 11.7 Å². The Morgan fingerprint density at radius 2 is 2.50 bits per heavy atom. The highest BCUT2D eigenvalue weighted by atomic mass is 32.1. The molecule has 0 saturated heterocycles. The van der Waals surface area contributed by atoms with Crippen molar-refractivity contribution >= 4 is 17.5 Å². The molecule has 2 heterocycles. The van der Waals surface area contributed by atoms with Crippen LogP contribution in [0.25, 0.3) is 0 Å². The molecular weight excluding hydrogens is 176 g/mol. The van der Waals surface area contributed by atoms with Crippen LogP contribution in [0, 0.1) is 0 Å². The maximum atomic E-state index is 11.4. The van der Waals surface area contributed by atoms with E-state index in [1.54, 1.807) is 12.1 Å². The van der Waals surface area contributed by atoms with Gasteiger partial charge in [-0.2, -0.15) is 8.75 Å². The Balaban J connectivity index is 2.34. The van der Waals surface area contributed by atoms with Crippen LogP contribution in [0.4, 0.5) is 0 Å². The molecule has 5 heteroatoms. The number of nitrogens with zero attached hydrogens (tertiary/aromatic N) is 2. The Hall–Kier alpha value is -1.49. The molecule has 0 aromatic carbocycles. The second-order valence-electron chi connectivity index (χ2n) is 2.10. The molecule has 4 nitrogen and oxygen atoms in total. The predicted octanol–water partition coefficient (Wildman–Crippen LogP) is 1.36. The average Bonchev–Trinajstić information content (AvgIpc) is 2.77. The fourth-order valence-corrected chi connectivity index (χ4v) is 1.21. The Bertz CT molecular complexity index is 330. The number of aromatic nitrogens is 2. The summed E-state index contributed by atoms with van der Waals surface area (Å²) < 4.78 is 12.4. The van der Waals surface area contributed by atoms with Crippen LogP contribution in [-0.4, -0.2) is 14.5 Å². The summed E-state index contributed by atoms with van der Waals surface area (Å²) in [7, 11) is 0. The molecule has 0 N–H and O–H groups in total. The van der Waals surface area contributed by atoms with E-state index in [-0.39, 0.29) is 5.78 Å². The summed E-state index contributed by atoms with van der Waals surface area (Å²) >= 11 is 1.00. The van der Waals surface area contributed by atoms with Gasteiger partial charge in [0.15, 0.2) is 5.76 Å². The topological polar surface area (TPSA) is 56.0 Å². The van der Waals surface area contributed by atoms with Crippen LogP contribution in [-0.2, 0) is 0 Å². The largest absolute Gasteiger partial charge is 0.461 e. The minimum atomic E-state index is -0.228. The number of furan rings is 1. The fourth-order valence-electron chi connectivity index (χ4n) is 0.799. The van der Waals surface area contributed by atoms with Crippen molar-refractivity contribution in [2.75, 3.05) is 0 Å². The molecule has 0 bridgehead atoms. The van der Waals surface area contributed by atoms with Crippen molar-refractivity contribution in [2.45, 2.75) is 0 Å². The number of hydrogen-bond donors (Lipinski definition) is 0. The van der Waals surface area contributed by atoms with Gasteiger partial charge in [-0.05, 0) is 12.1 Å². The summed E-state index contributed by atoms with van der Waals surface area (Å²) in [5.41, 5.74) is 0.329. The zero-order chi connectivity index (χ0) is 8.39. The van der Waals surface area contributed by atoms with E-state index >= 15 is 0 Å². The Morgan fingerprint density at radius 1 is 1.58 bits per heavy atom. The van der Waals surface area contributed by atoms with Gasteiger partial charge in [-0.1, -0.05) is 0 Å². The molecule has 0 amide bonds. The van der Waals surface area contributed by atoms with E-state index in [9.17, 15) is 4.79 Å². The summed E-state index contributed by atoms with van der Waals surface area (Å²) in [4.78, 5) is 11.4. The molecule has 0 aliphatic heterocycles. The first-order valence-corrected chi connectivity index (χ1v) is 3.97. The predicted molar refractivity (Wildman–Crippen MR) is 42.0 cm³/mol. The van der Waals surface area contributed by atoms with Crippen molar-refractivity contribution < 1.29 is 9.21 Å². The molecule has 0 atom stereocenters. The monoisotopic (exact) mass is 180 g/mol. The van der Waals surface area contributed by atoms with Crippen LogP contribution in [0.15, 0.2) is 29.0 Å². The first-order valence-electron chi connectivity index (χ1n) is 3.23. The third-order valence-electron chi connectivity index (χ3n) is 1.34. The van der Waals surface area contributed by atoms with E-state index < -0.39 is 0 Å². The highest BCUT2D eigenvalue weighted by molar-refractivity contribution is 6.99. The minimum Gasteiger partial charge on any atom is -0.461 e. The van der Waals surface area contributed by atoms with E-state index in [4.69, 9.17) is 4.42 Å². The third-order valence-corrected chi connectivity index (χ3v) is 1.82. The van der Waals surface area contributed by atoms with Gasteiger partial charge in [0, 0.05) is 0 Å². The number of hydrogen-bond acceptors (Lipinski definition) is 5. The maximum Gasteiger partial charge on any atom is 0.249 e. The second kappa shape index (κ2) is 2.86. The molecule has 0 saturated carbocycles. The Kier molecular flexibility index (Phi) is 1.71. The molecule has 0 radical (unpaired) electrons. The average molecular weight is 180 g/mol. The Labute approximate surface area is 72.2 Å². The van der Waals surface area contributed by atoms with E-state index in [0.29, 0.717) is 11.5 Å². The van der Waals surface area contributed by atoms with Crippen molar-refractivity contribution in [1.29, 1.82) is 0 Å². The SMILES string of the molecule is O=C(c1cnsn1)c1ccco1. The van der Waals surface area contributed by atoms with Gasteiger partial charge in [0.1, 0.15) is 5.69 Å². The molecule has 0 spiro atoms. The molecule has 0 aliphatic rings. The van der Waals surface area contributed by atoms with E-state index in [0.717, 1.165) is 11.7 Å². The van der Waals surface area contributed by atoms with Crippen LogP contribution in [0.2, 0.25) is 0 Å². The zero-order valence-electron chi connectivity index (χ0n) is 5.93. The summed E-state index contributed by atoms with van der Waals surface area (Å²) in [6.45, 7) is 0. The minimum absolute atomic E-state index is 0.228. The quantitative estimate of drug-likeness (QED) is 0.655. The molecule has 0 unspecified atom stereocenters. The summed E-state index contributed by atoms with van der Waals surface area (Å²) in [5, 5.41) is 0. The van der Waals surface area contributed by atoms with Crippen molar-refractivity contribution in [3.63, 3.8) is 0 Å². The molecule has 60 valence electrons. The smallest absolute Gasteiger partial charge is 0.249 e. The van der Waals surface area contributed by atoms with Gasteiger partial charge in [0.05, 0.1) is 24.2 Å². The normalized spacial score (nSPS) is 10.0. The van der Waals surface area contributed by atoms with Crippen molar-refractivity contribution in [1.82, 2.24) is 8.75 Å². The van der Waals surface area contributed by atoms with E-state index in [1.165, 1.54) is 12.5 Å². The van der Waals surface area contributed by atoms with Gasteiger partial charge < -0.3 is 4.42 Å². The second-order valence-corrected chi connectivity index (χ2v) is 2.66. The Morgan fingerprint density at radius 3 is 3.08 bits per heavy atom. The van der Waals surface area contributed by atoms with Gasteiger partial charge in [-0.3, -0.25) is 4.79 Å². The van der Waals surface area contributed by atoms with Crippen LogP contribution in [0.5, 0.6) is 0 Å². The van der Waals surface area contributed by atoms with E-state index in [1.807, 2.05) is 0 Å². The lowest BCUT2D eigenvalue weighted by atomic mass is 10.2. The highest BCUT2D eigenvalue weighted by Gasteiger charge is 2.13. The lowest BCUT2D eigenvalue weighted by Gasteiger charge is -1.87. The number of ketones is 1. The first-order chi connectivity index (χ1) is 5.88. The number of rotatable bonds is 2. The summed E-state index contributed by atoms with van der Waals surface area (Å²) in [6, 6.07) is 3.26. The van der Waals surface area contributed by atoms with Crippen LogP contribution < -0.4 is 0 Å². The molecule has 2 aromatic heterocycles. The van der Waals surface area contributed by atoms with Crippen molar-refractivity contribution in [2.24, 2.45) is 0 Å². The van der Waals surface area contributed by atoms with Crippen LogP contribution in [0.3, 0.4) is 0 Å². The molecule has 0 fully saturated rings. The van der Waals surface area contributed by atoms with Gasteiger partial charge in [-0.25, -0.2) is 0 Å². The van der Waals surface area contributed by atoms with Gasteiger partial charge in [0.25, 0.3) is 0 Å². The number of carbonyl (C=O) groups excluding carboxylic acids is 1. The van der Waals surface area contributed by atoms with Crippen molar-refractivity contribution in [3.8, 4) is 0 Å². The van der Waals surface area contributed by atoms with Gasteiger partial charge in [-0.15, -0.1) is 0 Å². The summed E-state index contributed by atoms with van der Waals surface area (Å²) in [5.74, 6) is 0.0662. The lowest BCUT2D eigenvalue weighted by Crippen LogP contribution is -1.98. The molecule has 2 rings (SSSR count). The van der Waals surface area contributed by atoms with Gasteiger partial charge in [0.2, 0.25) is 5.78 Å². The zero-order valence-corrected chi connectivity index (χ0v) is 6.75. The highest BCUT2D eigenvalue weighted by Crippen LogP contribution is 2.07. The maximum absolute atomic E-state index is 11.4. The van der Waals surface area contributed by atoms with Crippen molar-refractivity contribution in [3.05, 3.63) is 36.0 Å². The van der Waals surface area contributed by atoms with Gasteiger partial charge >= 0.3 is 0 Å². The molecule has 12 heavy (non-hydrogen) atoms. The third kappa shape index (κ3) is 1.14. The number of carbonyl (C=O) groups is 1. The molecule has 2 aromatic rings. The standard InChI is InChI=1S/C7H4N2O2S/c10-7(5-4-8-12-9-5)6-2-1-3-11-6/h1-4H. The van der Waals surface area contributed by atoms with Crippen LogP contribution in [0.1, 0.15) is 16.2 Å². The lowest BCUT2D eigenvalue weighted by molar-refractivity contribution is 0.101. The first kappa shape index (κ1) is 7.17. The molecule has 0 aliphatic carbocycles. The molecular formula is C7H4N2O2S.